The molecule has 0 saturated carbocycles. The van der Waals surface area contributed by atoms with Crippen molar-refractivity contribution in [2.24, 2.45) is 0 Å². The highest BCUT2D eigenvalue weighted by atomic mass is 35.5. The quantitative estimate of drug-likeness (QED) is 0.591. The third kappa shape index (κ3) is 4.38. The molecule has 10 heteroatoms. The van der Waals surface area contributed by atoms with Crippen molar-refractivity contribution in [3.8, 4) is 0 Å². The summed E-state index contributed by atoms with van der Waals surface area (Å²) in [6.45, 7) is 2.88. The van der Waals surface area contributed by atoms with Gasteiger partial charge in [0.2, 0.25) is 0 Å². The number of nitrogens with one attached hydrogen (secondary N) is 1. The summed E-state index contributed by atoms with van der Waals surface area (Å²) in [6, 6.07) is 4.23. The fraction of sp³-hybridized carbons (Fsp3) is 0.300. The molecular formula is C20H18ClFN4O2S2. The van der Waals surface area contributed by atoms with Crippen LogP contribution in [-0.2, 0) is 0 Å². The lowest BCUT2D eigenvalue weighted by Crippen LogP contribution is -2.38. The zero-order chi connectivity index (χ0) is 21.3. The van der Waals surface area contributed by atoms with Gasteiger partial charge in [-0.25, -0.2) is 14.4 Å². The van der Waals surface area contributed by atoms with Crippen LogP contribution in [0.15, 0.2) is 29.8 Å². The molecule has 0 spiro atoms. The minimum Gasteiger partial charge on any atom is -0.338 e. The summed E-state index contributed by atoms with van der Waals surface area (Å²) in [7, 11) is 0. The maximum absolute atomic E-state index is 14.1. The molecule has 0 atom stereocenters. The number of aromatic nitrogens is 2. The summed E-state index contributed by atoms with van der Waals surface area (Å²) in [5, 5.41) is 6.03. The van der Waals surface area contributed by atoms with E-state index >= 15 is 0 Å². The van der Waals surface area contributed by atoms with E-state index in [9.17, 15) is 14.0 Å². The second kappa shape index (κ2) is 8.79. The van der Waals surface area contributed by atoms with Crippen LogP contribution in [0.3, 0.4) is 0 Å². The predicted molar refractivity (Wildman–Crippen MR) is 116 cm³/mol. The molecule has 0 unspecified atom stereocenters. The van der Waals surface area contributed by atoms with Crippen molar-refractivity contribution in [1.29, 1.82) is 0 Å². The van der Waals surface area contributed by atoms with E-state index in [1.54, 1.807) is 16.5 Å². The molecule has 1 fully saturated rings. The van der Waals surface area contributed by atoms with Crippen molar-refractivity contribution in [3.63, 3.8) is 0 Å². The van der Waals surface area contributed by atoms with Crippen molar-refractivity contribution in [2.45, 2.75) is 25.7 Å². The maximum atomic E-state index is 14.1. The van der Waals surface area contributed by atoms with Crippen LogP contribution in [0.1, 0.15) is 49.5 Å². The van der Waals surface area contributed by atoms with Crippen LogP contribution < -0.4 is 5.32 Å². The highest BCUT2D eigenvalue weighted by Gasteiger charge is 2.29. The summed E-state index contributed by atoms with van der Waals surface area (Å²) in [6.07, 6.45) is 3.09. The number of anilines is 1. The topological polar surface area (TPSA) is 75.2 Å². The molecule has 2 amide bonds. The molecule has 156 valence electrons. The molecule has 0 radical (unpaired) electrons. The van der Waals surface area contributed by atoms with Crippen LogP contribution in [-0.4, -0.2) is 39.8 Å². The number of nitrogens with zero attached hydrogens (tertiary/aromatic N) is 3. The van der Waals surface area contributed by atoms with Gasteiger partial charge in [-0.3, -0.25) is 14.9 Å². The van der Waals surface area contributed by atoms with Gasteiger partial charge < -0.3 is 4.90 Å². The average molecular weight is 465 g/mol. The molecule has 2 aromatic heterocycles. The smallest absolute Gasteiger partial charge is 0.276 e. The van der Waals surface area contributed by atoms with Crippen molar-refractivity contribution < 1.29 is 14.0 Å². The normalized spacial score (nSPS) is 14.7. The number of thiazole rings is 2. The molecule has 3 aromatic rings. The standard InChI is InChI=1S/C20H18ClFN4O2S2/c1-11-9-23-20(30-11)25-17(27)15-10-29-18(24-15)12-5-7-26(8-6-12)19(28)16-13(21)3-2-4-14(16)22/h2-4,9-10,12H,5-8H2,1H3,(H,23,25,27). The van der Waals surface area contributed by atoms with E-state index in [-0.39, 0.29) is 22.4 Å². The largest absolute Gasteiger partial charge is 0.338 e. The molecular weight excluding hydrogens is 447 g/mol. The molecule has 4 rings (SSSR count). The first-order chi connectivity index (χ1) is 14.4. The molecule has 1 N–H and O–H groups in total. The molecule has 1 saturated heterocycles. The van der Waals surface area contributed by atoms with Crippen LogP contribution in [0.25, 0.3) is 0 Å². The van der Waals surface area contributed by atoms with Gasteiger partial charge in [-0.15, -0.1) is 22.7 Å². The number of piperidine rings is 1. The third-order valence-corrected chi connectivity index (χ3v) is 7.05. The lowest BCUT2D eigenvalue weighted by Gasteiger charge is -2.31. The Morgan fingerprint density at radius 2 is 2.07 bits per heavy atom. The second-order valence-corrected chi connectivity index (χ2v) is 9.50. The molecule has 6 nitrogen and oxygen atoms in total. The summed E-state index contributed by atoms with van der Waals surface area (Å²) in [5.74, 6) is -1.14. The van der Waals surface area contributed by atoms with Gasteiger partial charge in [0.15, 0.2) is 5.13 Å². The molecule has 30 heavy (non-hydrogen) atoms. The van der Waals surface area contributed by atoms with Crippen LogP contribution in [0.4, 0.5) is 9.52 Å². The van der Waals surface area contributed by atoms with E-state index in [0.29, 0.717) is 36.8 Å². The summed E-state index contributed by atoms with van der Waals surface area (Å²) in [5.41, 5.74) is 0.280. The fourth-order valence-corrected chi connectivity index (χ4v) is 5.22. The molecule has 0 bridgehead atoms. The number of carbonyl (C=O) groups is 2. The Balaban J connectivity index is 1.38. The average Bonchev–Trinajstić information content (AvgIpc) is 3.37. The predicted octanol–water partition coefficient (Wildman–Crippen LogP) is 4.97. The Hall–Kier alpha value is -2.36. The van der Waals surface area contributed by atoms with E-state index in [4.69, 9.17) is 11.6 Å². The molecule has 3 heterocycles. The highest BCUT2D eigenvalue weighted by Crippen LogP contribution is 2.32. The zero-order valence-electron chi connectivity index (χ0n) is 16.0. The second-order valence-electron chi connectivity index (χ2n) is 6.96. The SMILES string of the molecule is Cc1cnc(NC(=O)c2csc(C3CCN(C(=O)c4c(F)cccc4Cl)CC3)n2)s1. The first kappa shape index (κ1) is 20.9. The van der Waals surface area contributed by atoms with Crippen LogP contribution >= 0.6 is 34.3 Å². The van der Waals surface area contributed by atoms with E-state index in [0.717, 1.165) is 9.88 Å². The summed E-state index contributed by atoms with van der Waals surface area (Å²) >= 11 is 8.87. The van der Waals surface area contributed by atoms with Gasteiger partial charge in [-0.1, -0.05) is 17.7 Å². The van der Waals surface area contributed by atoms with E-state index in [1.807, 2.05) is 6.92 Å². The number of hydrogen-bond donors (Lipinski definition) is 1. The lowest BCUT2D eigenvalue weighted by molar-refractivity contribution is 0.0708. The number of halogens is 2. The van der Waals surface area contributed by atoms with Crippen molar-refractivity contribution in [3.05, 3.63) is 61.8 Å². The van der Waals surface area contributed by atoms with Gasteiger partial charge in [-0.05, 0) is 31.9 Å². The van der Waals surface area contributed by atoms with Gasteiger partial charge in [0.25, 0.3) is 11.8 Å². The summed E-state index contributed by atoms with van der Waals surface area (Å²) < 4.78 is 14.1. The van der Waals surface area contributed by atoms with Gasteiger partial charge in [0, 0.05) is 35.5 Å². The highest BCUT2D eigenvalue weighted by molar-refractivity contribution is 7.15. The number of carbonyl (C=O) groups excluding carboxylic acids is 2. The first-order valence-electron chi connectivity index (χ1n) is 9.35. The molecule has 0 aliphatic carbocycles. The number of amides is 2. The van der Waals surface area contributed by atoms with Crippen molar-refractivity contribution in [2.75, 3.05) is 18.4 Å². The minimum atomic E-state index is -0.611. The molecule has 1 aliphatic heterocycles. The Kier molecular flexibility index (Phi) is 6.12. The number of hydrogen-bond acceptors (Lipinski definition) is 6. The fourth-order valence-electron chi connectivity index (χ4n) is 3.34. The van der Waals surface area contributed by atoms with E-state index in [2.05, 4.69) is 15.3 Å². The number of benzene rings is 1. The van der Waals surface area contributed by atoms with Crippen molar-refractivity contribution in [1.82, 2.24) is 14.9 Å². The van der Waals surface area contributed by atoms with Gasteiger partial charge >= 0.3 is 0 Å². The lowest BCUT2D eigenvalue weighted by atomic mass is 9.97. The van der Waals surface area contributed by atoms with E-state index in [1.165, 1.54) is 40.9 Å². The zero-order valence-corrected chi connectivity index (χ0v) is 18.4. The van der Waals surface area contributed by atoms with Gasteiger partial charge in [0.05, 0.1) is 15.6 Å². The number of rotatable bonds is 4. The maximum Gasteiger partial charge on any atom is 0.276 e. The monoisotopic (exact) mass is 464 g/mol. The third-order valence-electron chi connectivity index (χ3n) is 4.90. The van der Waals surface area contributed by atoms with Gasteiger partial charge in [0.1, 0.15) is 11.5 Å². The molecule has 1 aromatic carbocycles. The number of aryl methyl sites for hydroxylation is 1. The van der Waals surface area contributed by atoms with E-state index < -0.39 is 11.7 Å². The van der Waals surface area contributed by atoms with Gasteiger partial charge in [-0.2, -0.15) is 0 Å². The van der Waals surface area contributed by atoms with Crippen LogP contribution in [0, 0.1) is 12.7 Å². The van der Waals surface area contributed by atoms with Crippen LogP contribution in [0.2, 0.25) is 5.02 Å². The first-order valence-corrected chi connectivity index (χ1v) is 11.4. The molecule has 1 aliphatic rings. The minimum absolute atomic E-state index is 0.0803. The number of likely N-dealkylation sites (tertiary alicyclic amines) is 1. The van der Waals surface area contributed by atoms with Crippen LogP contribution in [0.5, 0.6) is 0 Å². The Morgan fingerprint density at radius 1 is 1.30 bits per heavy atom. The summed E-state index contributed by atoms with van der Waals surface area (Å²) in [4.78, 5) is 36.3. The Bertz CT molecular complexity index is 1070. The Morgan fingerprint density at radius 3 is 2.73 bits per heavy atom. The Labute approximate surface area is 185 Å². The van der Waals surface area contributed by atoms with Crippen molar-refractivity contribution >= 4 is 51.2 Å².